The number of anilines is 2. The highest BCUT2D eigenvalue weighted by atomic mass is 32.2. The molecular weight excluding hydrogens is 372 g/mol. The van der Waals surface area contributed by atoms with E-state index in [9.17, 15) is 9.59 Å². The first-order valence-electron chi connectivity index (χ1n) is 9.42. The molecule has 0 atom stereocenters. The molecule has 6 nitrogen and oxygen atoms in total. The van der Waals surface area contributed by atoms with Crippen LogP contribution in [0.15, 0.2) is 59.5 Å². The van der Waals surface area contributed by atoms with E-state index in [-0.39, 0.29) is 0 Å². The number of amides is 2. The molecule has 1 saturated heterocycles. The van der Waals surface area contributed by atoms with E-state index in [4.69, 9.17) is 0 Å². The molecule has 2 amide bonds. The molecule has 0 spiro atoms. The molecule has 7 heteroatoms. The van der Waals surface area contributed by atoms with Crippen molar-refractivity contribution in [2.45, 2.75) is 4.90 Å². The maximum absolute atomic E-state index is 12.1. The van der Waals surface area contributed by atoms with Crippen molar-refractivity contribution >= 4 is 35.0 Å². The molecule has 1 heterocycles. The molecule has 1 aliphatic heterocycles. The summed E-state index contributed by atoms with van der Waals surface area (Å²) in [6, 6.07) is 17.8. The second-order valence-electron chi connectivity index (χ2n) is 6.57. The van der Waals surface area contributed by atoms with Crippen LogP contribution >= 0.6 is 11.8 Å². The predicted octanol–water partition coefficient (Wildman–Crippen LogP) is 2.29. The molecule has 148 valence electrons. The van der Waals surface area contributed by atoms with Gasteiger partial charge in [0, 0.05) is 49.9 Å². The Bertz CT molecular complexity index is 792. The Hall–Kier alpha value is -2.51. The fourth-order valence-electron chi connectivity index (χ4n) is 3.20. The average Bonchev–Trinajstić information content (AvgIpc) is 2.75. The second kappa shape index (κ2) is 10.1. The lowest BCUT2D eigenvalue weighted by atomic mass is 10.2. The number of rotatable bonds is 6. The summed E-state index contributed by atoms with van der Waals surface area (Å²) in [4.78, 5) is 29.8. The lowest BCUT2D eigenvalue weighted by Crippen LogP contribution is -2.49. The molecule has 2 aromatic rings. The summed E-state index contributed by atoms with van der Waals surface area (Å²) in [6.45, 7) is 5.01. The minimum atomic E-state index is -0.629. The number of carbonyl (C=O) groups excluding carboxylic acids is 2. The van der Waals surface area contributed by atoms with Crippen molar-refractivity contribution in [3.05, 3.63) is 54.6 Å². The van der Waals surface area contributed by atoms with Gasteiger partial charge >= 0.3 is 11.8 Å². The maximum Gasteiger partial charge on any atom is 0.313 e. The number of benzene rings is 2. The summed E-state index contributed by atoms with van der Waals surface area (Å²) in [5.41, 5.74) is 1.91. The van der Waals surface area contributed by atoms with E-state index in [1.54, 1.807) is 6.07 Å². The number of carbonyl (C=O) groups is 2. The molecule has 0 aliphatic carbocycles. The van der Waals surface area contributed by atoms with Crippen LogP contribution in [-0.2, 0) is 9.59 Å². The molecule has 0 saturated carbocycles. The van der Waals surface area contributed by atoms with Gasteiger partial charge in [-0.2, -0.15) is 0 Å². The van der Waals surface area contributed by atoms with Crippen LogP contribution in [-0.4, -0.2) is 62.2 Å². The van der Waals surface area contributed by atoms with Crippen LogP contribution < -0.4 is 15.5 Å². The quantitative estimate of drug-likeness (QED) is 0.577. The van der Waals surface area contributed by atoms with E-state index < -0.39 is 11.8 Å². The summed E-state index contributed by atoms with van der Waals surface area (Å²) >= 11 is 1.53. The molecule has 0 radical (unpaired) electrons. The smallest absolute Gasteiger partial charge is 0.313 e. The third kappa shape index (κ3) is 5.50. The van der Waals surface area contributed by atoms with Crippen molar-refractivity contribution in [1.29, 1.82) is 0 Å². The Morgan fingerprint density at radius 2 is 1.61 bits per heavy atom. The number of hydrogen-bond donors (Lipinski definition) is 2. The van der Waals surface area contributed by atoms with Gasteiger partial charge in [-0.05, 0) is 30.5 Å². The Morgan fingerprint density at radius 3 is 2.32 bits per heavy atom. The lowest BCUT2D eigenvalue weighted by Gasteiger charge is -2.36. The van der Waals surface area contributed by atoms with Crippen LogP contribution in [0, 0.1) is 0 Å². The third-order valence-electron chi connectivity index (χ3n) is 4.77. The van der Waals surface area contributed by atoms with Crippen LogP contribution in [0.4, 0.5) is 11.4 Å². The topological polar surface area (TPSA) is 64.7 Å². The van der Waals surface area contributed by atoms with E-state index >= 15 is 0 Å². The molecule has 28 heavy (non-hydrogen) atoms. The van der Waals surface area contributed by atoms with Crippen LogP contribution in [0.3, 0.4) is 0 Å². The van der Waals surface area contributed by atoms with Crippen molar-refractivity contribution in [3.8, 4) is 0 Å². The monoisotopic (exact) mass is 398 g/mol. The largest absolute Gasteiger partial charge is 0.369 e. The Balaban J connectivity index is 1.38. The summed E-state index contributed by atoms with van der Waals surface area (Å²) < 4.78 is 0. The van der Waals surface area contributed by atoms with E-state index in [2.05, 4.69) is 44.7 Å². The number of hydrogen-bond acceptors (Lipinski definition) is 5. The van der Waals surface area contributed by atoms with Gasteiger partial charge in [-0.1, -0.05) is 30.3 Å². The van der Waals surface area contributed by atoms with Gasteiger partial charge in [0.25, 0.3) is 0 Å². The van der Waals surface area contributed by atoms with Gasteiger partial charge in [0.2, 0.25) is 0 Å². The van der Waals surface area contributed by atoms with E-state index in [1.807, 2.05) is 30.5 Å². The zero-order valence-corrected chi connectivity index (χ0v) is 16.9. The highest BCUT2D eigenvalue weighted by Gasteiger charge is 2.18. The van der Waals surface area contributed by atoms with Gasteiger partial charge in [0.1, 0.15) is 0 Å². The summed E-state index contributed by atoms with van der Waals surface area (Å²) in [5.74, 6) is -1.23. The predicted molar refractivity (Wildman–Crippen MR) is 115 cm³/mol. The lowest BCUT2D eigenvalue weighted by molar-refractivity contribution is -0.136. The molecular formula is C21H26N4O2S. The number of thioether (sulfide) groups is 1. The molecule has 0 aromatic heterocycles. The Labute approximate surface area is 170 Å². The van der Waals surface area contributed by atoms with Gasteiger partial charge in [-0.25, -0.2) is 0 Å². The van der Waals surface area contributed by atoms with Crippen molar-refractivity contribution in [2.75, 3.05) is 55.7 Å². The van der Waals surface area contributed by atoms with Gasteiger partial charge in [0.05, 0.1) is 5.69 Å². The second-order valence-corrected chi connectivity index (χ2v) is 7.42. The first kappa shape index (κ1) is 20.2. The molecule has 1 fully saturated rings. The van der Waals surface area contributed by atoms with Crippen LogP contribution in [0.25, 0.3) is 0 Å². The molecule has 1 aliphatic rings. The summed E-state index contributed by atoms with van der Waals surface area (Å²) in [5, 5.41) is 5.40. The molecule has 3 rings (SSSR count). The molecule has 2 N–H and O–H groups in total. The summed E-state index contributed by atoms with van der Waals surface area (Å²) in [6.07, 6.45) is 1.93. The van der Waals surface area contributed by atoms with Gasteiger partial charge in [-0.3, -0.25) is 14.5 Å². The minimum absolute atomic E-state index is 0.460. The molecule has 2 aromatic carbocycles. The van der Waals surface area contributed by atoms with Crippen LogP contribution in [0.1, 0.15) is 0 Å². The van der Waals surface area contributed by atoms with Crippen LogP contribution in [0.5, 0.6) is 0 Å². The SMILES string of the molecule is CSc1ccccc1NC(=O)C(=O)NCCN1CCN(c2ccccc2)CC1. The van der Waals surface area contributed by atoms with E-state index in [0.717, 1.165) is 37.6 Å². The number of para-hydroxylation sites is 2. The Morgan fingerprint density at radius 1 is 0.929 bits per heavy atom. The zero-order valence-electron chi connectivity index (χ0n) is 16.1. The maximum atomic E-state index is 12.1. The number of nitrogens with one attached hydrogen (secondary N) is 2. The first-order chi connectivity index (χ1) is 13.7. The minimum Gasteiger partial charge on any atom is -0.369 e. The van der Waals surface area contributed by atoms with E-state index in [0.29, 0.717) is 12.2 Å². The van der Waals surface area contributed by atoms with Crippen LogP contribution in [0.2, 0.25) is 0 Å². The summed E-state index contributed by atoms with van der Waals surface area (Å²) in [7, 11) is 0. The Kier molecular flexibility index (Phi) is 7.33. The third-order valence-corrected chi connectivity index (χ3v) is 5.56. The first-order valence-corrected chi connectivity index (χ1v) is 10.6. The zero-order chi connectivity index (χ0) is 19.8. The van der Waals surface area contributed by atoms with Crippen molar-refractivity contribution in [3.63, 3.8) is 0 Å². The number of piperazine rings is 1. The van der Waals surface area contributed by atoms with Crippen molar-refractivity contribution in [1.82, 2.24) is 10.2 Å². The standard InChI is InChI=1S/C21H26N4O2S/c1-28-19-10-6-5-9-18(19)23-21(27)20(26)22-11-12-24-13-15-25(16-14-24)17-7-3-2-4-8-17/h2-10H,11-16H2,1H3,(H,22,26)(H,23,27). The molecule has 0 unspecified atom stereocenters. The highest BCUT2D eigenvalue weighted by molar-refractivity contribution is 7.98. The van der Waals surface area contributed by atoms with E-state index in [1.165, 1.54) is 17.4 Å². The van der Waals surface area contributed by atoms with Gasteiger partial charge in [0.15, 0.2) is 0 Å². The normalized spacial score (nSPS) is 14.5. The fourth-order valence-corrected chi connectivity index (χ4v) is 3.76. The van der Waals surface area contributed by atoms with Crippen molar-refractivity contribution in [2.24, 2.45) is 0 Å². The molecule has 0 bridgehead atoms. The fraction of sp³-hybridized carbons (Fsp3) is 0.333. The highest BCUT2D eigenvalue weighted by Crippen LogP contribution is 2.24. The van der Waals surface area contributed by atoms with Gasteiger partial charge in [-0.15, -0.1) is 11.8 Å². The average molecular weight is 399 g/mol. The van der Waals surface area contributed by atoms with Crippen molar-refractivity contribution < 1.29 is 9.59 Å². The van der Waals surface area contributed by atoms with Gasteiger partial charge < -0.3 is 15.5 Å². The number of nitrogens with zero attached hydrogens (tertiary/aromatic N) is 2.